The number of hydrogen-bond donors (Lipinski definition) is 2. The summed E-state index contributed by atoms with van der Waals surface area (Å²) in [4.78, 5) is 23.1. The number of ether oxygens (including phenoxy) is 1. The minimum Gasteiger partial charge on any atom is -0.492 e. The molecule has 1 aliphatic carbocycles. The van der Waals surface area contributed by atoms with Crippen molar-refractivity contribution in [1.29, 1.82) is 0 Å². The molecule has 0 spiro atoms. The number of carbonyl (C=O) groups excluding carboxylic acids is 1. The van der Waals surface area contributed by atoms with Gasteiger partial charge in [-0.15, -0.1) is 0 Å². The summed E-state index contributed by atoms with van der Waals surface area (Å²) in [7, 11) is 0. The second-order valence-corrected chi connectivity index (χ2v) is 6.41. The van der Waals surface area contributed by atoms with Crippen molar-refractivity contribution in [3.8, 4) is 5.75 Å². The maximum absolute atomic E-state index is 12.1. The Labute approximate surface area is 138 Å². The van der Waals surface area contributed by atoms with E-state index in [4.69, 9.17) is 9.84 Å². The van der Waals surface area contributed by atoms with Crippen LogP contribution in [0.25, 0.3) is 0 Å². The van der Waals surface area contributed by atoms with Crippen LogP contribution in [0.1, 0.15) is 25.7 Å². The molecule has 22 heavy (non-hydrogen) atoms. The molecule has 1 aromatic carbocycles. The summed E-state index contributed by atoms with van der Waals surface area (Å²) < 4.78 is 6.49. The summed E-state index contributed by atoms with van der Waals surface area (Å²) in [5, 5.41) is 11.9. The molecular formula is C16H20BrNO4. The van der Waals surface area contributed by atoms with Crippen LogP contribution in [0.2, 0.25) is 0 Å². The van der Waals surface area contributed by atoms with Crippen molar-refractivity contribution in [1.82, 2.24) is 5.32 Å². The van der Waals surface area contributed by atoms with Crippen LogP contribution < -0.4 is 10.1 Å². The Bertz CT molecular complexity index is 535. The SMILES string of the molecule is O=C(O)C1CCCC(C(=O)NCCOc2cccc(Br)c2)C1. The van der Waals surface area contributed by atoms with E-state index in [9.17, 15) is 9.59 Å². The second kappa shape index (κ2) is 8.17. The molecule has 1 aromatic rings. The third-order valence-electron chi connectivity index (χ3n) is 3.86. The first kappa shape index (κ1) is 16.8. The number of aliphatic carboxylic acids is 1. The summed E-state index contributed by atoms with van der Waals surface area (Å²) in [6.45, 7) is 0.802. The topological polar surface area (TPSA) is 75.6 Å². The minimum absolute atomic E-state index is 0.0659. The lowest BCUT2D eigenvalue weighted by Gasteiger charge is -2.25. The van der Waals surface area contributed by atoms with Crippen molar-refractivity contribution in [3.63, 3.8) is 0 Å². The molecule has 0 radical (unpaired) electrons. The van der Waals surface area contributed by atoms with Crippen molar-refractivity contribution < 1.29 is 19.4 Å². The fourth-order valence-electron chi connectivity index (χ4n) is 2.70. The van der Waals surface area contributed by atoms with Gasteiger partial charge in [0.15, 0.2) is 0 Å². The van der Waals surface area contributed by atoms with Gasteiger partial charge < -0.3 is 15.2 Å². The smallest absolute Gasteiger partial charge is 0.306 e. The molecule has 0 heterocycles. The first-order valence-electron chi connectivity index (χ1n) is 7.45. The highest BCUT2D eigenvalue weighted by Gasteiger charge is 2.30. The van der Waals surface area contributed by atoms with Gasteiger partial charge in [0.1, 0.15) is 12.4 Å². The van der Waals surface area contributed by atoms with Crippen molar-refractivity contribution in [2.45, 2.75) is 25.7 Å². The molecule has 5 nitrogen and oxygen atoms in total. The molecule has 2 atom stereocenters. The van der Waals surface area contributed by atoms with Crippen LogP contribution in [0, 0.1) is 11.8 Å². The van der Waals surface area contributed by atoms with Crippen molar-refractivity contribution in [3.05, 3.63) is 28.7 Å². The molecule has 0 bridgehead atoms. The fourth-order valence-corrected chi connectivity index (χ4v) is 3.07. The van der Waals surface area contributed by atoms with Crippen molar-refractivity contribution >= 4 is 27.8 Å². The molecule has 2 N–H and O–H groups in total. The van der Waals surface area contributed by atoms with Gasteiger partial charge in [-0.05, 0) is 37.5 Å². The number of carbonyl (C=O) groups is 2. The maximum Gasteiger partial charge on any atom is 0.306 e. The zero-order valence-electron chi connectivity index (χ0n) is 12.3. The summed E-state index contributed by atoms with van der Waals surface area (Å²) in [5.41, 5.74) is 0. The zero-order chi connectivity index (χ0) is 15.9. The standard InChI is InChI=1S/C16H20BrNO4/c17-13-5-2-6-14(10-13)22-8-7-18-15(19)11-3-1-4-12(9-11)16(20)21/h2,5-6,10-12H,1,3-4,7-9H2,(H,18,19)(H,20,21). The Morgan fingerprint density at radius 1 is 1.32 bits per heavy atom. The van der Waals surface area contributed by atoms with E-state index in [1.165, 1.54) is 0 Å². The Morgan fingerprint density at radius 2 is 2.09 bits per heavy atom. The van der Waals surface area contributed by atoms with Gasteiger partial charge in [-0.1, -0.05) is 28.4 Å². The molecule has 0 aromatic heterocycles. The number of carboxylic acids is 1. The van der Waals surface area contributed by atoms with Crippen LogP contribution in [0.3, 0.4) is 0 Å². The largest absolute Gasteiger partial charge is 0.492 e. The second-order valence-electron chi connectivity index (χ2n) is 5.50. The van der Waals surface area contributed by atoms with Crippen LogP contribution in [0.15, 0.2) is 28.7 Å². The normalized spacial score (nSPS) is 21.1. The molecular weight excluding hydrogens is 350 g/mol. The Balaban J connectivity index is 1.70. The Kier molecular flexibility index (Phi) is 6.24. The average molecular weight is 370 g/mol. The maximum atomic E-state index is 12.1. The molecule has 1 saturated carbocycles. The van der Waals surface area contributed by atoms with Gasteiger partial charge in [0, 0.05) is 10.4 Å². The van der Waals surface area contributed by atoms with Gasteiger partial charge in [0.2, 0.25) is 5.91 Å². The molecule has 2 unspecified atom stereocenters. The minimum atomic E-state index is -0.796. The summed E-state index contributed by atoms with van der Waals surface area (Å²) in [6.07, 6.45) is 2.67. The van der Waals surface area contributed by atoms with Crippen LogP contribution in [0.5, 0.6) is 5.75 Å². The first-order chi connectivity index (χ1) is 10.6. The van der Waals surface area contributed by atoms with E-state index in [2.05, 4.69) is 21.2 Å². The lowest BCUT2D eigenvalue weighted by Crippen LogP contribution is -2.37. The third-order valence-corrected chi connectivity index (χ3v) is 4.35. The van der Waals surface area contributed by atoms with Gasteiger partial charge >= 0.3 is 5.97 Å². The van der Waals surface area contributed by atoms with E-state index in [0.29, 0.717) is 26.0 Å². The number of amides is 1. The van der Waals surface area contributed by atoms with Crippen molar-refractivity contribution in [2.24, 2.45) is 11.8 Å². The predicted octanol–water partition coefficient (Wildman–Crippen LogP) is 2.84. The summed E-state index contributed by atoms with van der Waals surface area (Å²) >= 11 is 3.37. The third kappa shape index (κ3) is 5.02. The van der Waals surface area contributed by atoms with Crippen LogP contribution in [0.4, 0.5) is 0 Å². The number of hydrogen-bond acceptors (Lipinski definition) is 3. The number of nitrogens with one attached hydrogen (secondary N) is 1. The van der Waals surface area contributed by atoms with E-state index in [1.807, 2.05) is 24.3 Å². The molecule has 1 fully saturated rings. The van der Waals surface area contributed by atoms with Gasteiger partial charge in [0.05, 0.1) is 12.5 Å². The molecule has 0 saturated heterocycles. The van der Waals surface area contributed by atoms with Gasteiger partial charge in [-0.3, -0.25) is 9.59 Å². The van der Waals surface area contributed by atoms with Crippen molar-refractivity contribution in [2.75, 3.05) is 13.2 Å². The van der Waals surface area contributed by atoms with Crippen LogP contribution in [-0.4, -0.2) is 30.1 Å². The average Bonchev–Trinajstić information content (AvgIpc) is 2.51. The monoisotopic (exact) mass is 369 g/mol. The fraction of sp³-hybridized carbons (Fsp3) is 0.500. The highest BCUT2D eigenvalue weighted by molar-refractivity contribution is 9.10. The number of benzene rings is 1. The first-order valence-corrected chi connectivity index (χ1v) is 8.24. The van der Waals surface area contributed by atoms with Crippen LogP contribution >= 0.6 is 15.9 Å². The molecule has 1 aliphatic rings. The quantitative estimate of drug-likeness (QED) is 0.756. The van der Waals surface area contributed by atoms with E-state index >= 15 is 0 Å². The van der Waals surface area contributed by atoms with Crippen LogP contribution in [-0.2, 0) is 9.59 Å². The molecule has 120 valence electrons. The van der Waals surface area contributed by atoms with Gasteiger partial charge in [-0.25, -0.2) is 0 Å². The summed E-state index contributed by atoms with van der Waals surface area (Å²) in [6, 6.07) is 7.51. The van der Waals surface area contributed by atoms with E-state index in [0.717, 1.165) is 23.1 Å². The van der Waals surface area contributed by atoms with E-state index < -0.39 is 5.97 Å². The zero-order valence-corrected chi connectivity index (χ0v) is 13.8. The number of carboxylic acid groups (broad SMARTS) is 1. The molecule has 0 aliphatic heterocycles. The predicted molar refractivity (Wildman–Crippen MR) is 85.7 cm³/mol. The Morgan fingerprint density at radius 3 is 2.82 bits per heavy atom. The van der Waals surface area contributed by atoms with Gasteiger partial charge in [-0.2, -0.15) is 0 Å². The Hall–Kier alpha value is -1.56. The van der Waals surface area contributed by atoms with E-state index in [-0.39, 0.29) is 17.7 Å². The lowest BCUT2D eigenvalue weighted by atomic mass is 9.81. The summed E-state index contributed by atoms with van der Waals surface area (Å²) in [5.74, 6) is -0.699. The molecule has 1 amide bonds. The molecule has 6 heteroatoms. The highest BCUT2D eigenvalue weighted by Crippen LogP contribution is 2.29. The molecule has 2 rings (SSSR count). The lowest BCUT2D eigenvalue weighted by molar-refractivity contribution is -0.144. The van der Waals surface area contributed by atoms with Gasteiger partial charge in [0.25, 0.3) is 0 Å². The number of halogens is 1. The number of rotatable bonds is 6. The van der Waals surface area contributed by atoms with E-state index in [1.54, 1.807) is 0 Å². The highest BCUT2D eigenvalue weighted by atomic mass is 79.9.